The molecule has 6 nitrogen and oxygen atoms in total. The number of methoxy groups -OCH3 is 2. The van der Waals surface area contributed by atoms with E-state index in [2.05, 4.69) is 0 Å². The van der Waals surface area contributed by atoms with Crippen LogP contribution in [0.25, 0.3) is 0 Å². The lowest BCUT2D eigenvalue weighted by Crippen LogP contribution is -2.41. The number of para-hydroxylation sites is 1. The number of benzene rings is 3. The van der Waals surface area contributed by atoms with Crippen LogP contribution in [0.15, 0.2) is 66.7 Å². The van der Waals surface area contributed by atoms with Gasteiger partial charge >= 0.3 is 0 Å². The molecule has 1 aliphatic rings. The number of fused-ring (bicyclic) bond motifs is 1. The number of anilines is 1. The Morgan fingerprint density at radius 2 is 1.72 bits per heavy atom. The van der Waals surface area contributed by atoms with Crippen molar-refractivity contribution in [2.24, 2.45) is 0 Å². The van der Waals surface area contributed by atoms with Gasteiger partial charge in [0.05, 0.1) is 38.4 Å². The third-order valence-corrected chi connectivity index (χ3v) is 5.83. The number of Topliss-reactive ketones (excluding diaryl/α,β-unsaturated/α-hetero) is 1. The Bertz CT molecular complexity index is 1170. The van der Waals surface area contributed by atoms with Crippen molar-refractivity contribution in [3.63, 3.8) is 0 Å². The molecule has 0 unspecified atom stereocenters. The first-order valence-electron chi connectivity index (χ1n) is 10.3. The summed E-state index contributed by atoms with van der Waals surface area (Å²) in [6.07, 6.45) is -0.393. The van der Waals surface area contributed by atoms with Crippen molar-refractivity contribution >= 4 is 17.4 Å². The van der Waals surface area contributed by atoms with Crippen molar-refractivity contribution in [1.82, 2.24) is 0 Å². The summed E-state index contributed by atoms with van der Waals surface area (Å²) in [5.41, 5.74) is 1.42. The van der Waals surface area contributed by atoms with Crippen molar-refractivity contribution in [2.75, 3.05) is 19.1 Å². The molecule has 1 heterocycles. The molecule has 0 saturated carbocycles. The molecular weight excluding hydrogens is 406 g/mol. The maximum Gasteiger partial charge on any atom is 0.264 e. The van der Waals surface area contributed by atoms with Crippen molar-refractivity contribution in [2.45, 2.75) is 25.5 Å². The molecule has 1 atom stereocenters. The Morgan fingerprint density at radius 3 is 2.41 bits per heavy atom. The molecular formula is C26H25NO5. The molecule has 3 aromatic rings. The first-order chi connectivity index (χ1) is 15.4. The van der Waals surface area contributed by atoms with Gasteiger partial charge in [0.2, 0.25) is 0 Å². The Morgan fingerprint density at radius 1 is 1.00 bits per heavy atom. The van der Waals surface area contributed by atoms with E-state index in [9.17, 15) is 14.7 Å². The fraction of sp³-hybridized carbons (Fsp3) is 0.231. The van der Waals surface area contributed by atoms with E-state index in [1.165, 1.54) is 14.2 Å². The fourth-order valence-corrected chi connectivity index (χ4v) is 4.07. The highest BCUT2D eigenvalue weighted by Crippen LogP contribution is 2.44. The maximum atomic E-state index is 13.4. The molecule has 164 valence electrons. The fourth-order valence-electron chi connectivity index (χ4n) is 4.07. The Hall–Kier alpha value is -3.64. The van der Waals surface area contributed by atoms with Crippen molar-refractivity contribution in [1.29, 1.82) is 0 Å². The molecule has 4 rings (SSSR count). The second-order valence-corrected chi connectivity index (χ2v) is 7.92. The van der Waals surface area contributed by atoms with Gasteiger partial charge in [-0.3, -0.25) is 9.59 Å². The van der Waals surface area contributed by atoms with Gasteiger partial charge in [0, 0.05) is 11.6 Å². The number of ketones is 1. The van der Waals surface area contributed by atoms with Gasteiger partial charge in [-0.2, -0.15) is 0 Å². The van der Waals surface area contributed by atoms with E-state index in [1.54, 1.807) is 41.3 Å². The molecule has 6 heteroatoms. The minimum atomic E-state index is -1.96. The van der Waals surface area contributed by atoms with Crippen molar-refractivity contribution in [3.8, 4) is 11.5 Å². The molecule has 0 aliphatic carbocycles. The summed E-state index contributed by atoms with van der Waals surface area (Å²) in [4.78, 5) is 28.2. The third kappa shape index (κ3) is 3.74. The number of aryl methyl sites for hydroxylation is 1. The van der Waals surface area contributed by atoms with E-state index in [-0.39, 0.29) is 5.56 Å². The summed E-state index contributed by atoms with van der Waals surface area (Å²) < 4.78 is 10.5. The molecule has 1 amide bonds. The number of carbonyl (C=O) groups is 2. The van der Waals surface area contributed by atoms with E-state index in [0.29, 0.717) is 29.3 Å². The number of carbonyl (C=O) groups excluding carboxylic acids is 2. The Labute approximate surface area is 187 Å². The van der Waals surface area contributed by atoms with Gasteiger partial charge in [-0.1, -0.05) is 48.0 Å². The monoisotopic (exact) mass is 431 g/mol. The van der Waals surface area contributed by atoms with E-state index < -0.39 is 23.7 Å². The van der Waals surface area contributed by atoms with Crippen molar-refractivity contribution < 1.29 is 24.2 Å². The lowest BCUT2D eigenvalue weighted by Gasteiger charge is -2.23. The summed E-state index contributed by atoms with van der Waals surface area (Å²) in [5, 5.41) is 11.5. The highest BCUT2D eigenvalue weighted by atomic mass is 16.5. The Kier molecular flexibility index (Phi) is 5.72. The van der Waals surface area contributed by atoms with Gasteiger partial charge in [0.1, 0.15) is 11.5 Å². The topological polar surface area (TPSA) is 76.1 Å². The minimum Gasteiger partial charge on any atom is -0.497 e. The van der Waals surface area contributed by atoms with E-state index in [4.69, 9.17) is 9.47 Å². The maximum absolute atomic E-state index is 13.4. The molecule has 32 heavy (non-hydrogen) atoms. The zero-order valence-corrected chi connectivity index (χ0v) is 18.3. The molecule has 1 N–H and O–H groups in total. The molecule has 3 aromatic carbocycles. The number of hydrogen-bond acceptors (Lipinski definition) is 5. The number of rotatable bonds is 7. The van der Waals surface area contributed by atoms with Gasteiger partial charge in [-0.05, 0) is 30.7 Å². The number of ether oxygens (including phenoxy) is 2. The van der Waals surface area contributed by atoms with Crippen LogP contribution in [0.2, 0.25) is 0 Å². The Balaban J connectivity index is 1.67. The highest BCUT2D eigenvalue weighted by molar-refractivity contribution is 6.11. The van der Waals surface area contributed by atoms with E-state index in [1.807, 2.05) is 37.3 Å². The average Bonchev–Trinajstić information content (AvgIpc) is 3.01. The lowest BCUT2D eigenvalue weighted by molar-refractivity contribution is -0.136. The second-order valence-electron chi connectivity index (χ2n) is 7.92. The third-order valence-electron chi connectivity index (χ3n) is 5.83. The number of amides is 1. The van der Waals surface area contributed by atoms with Crippen LogP contribution < -0.4 is 14.4 Å². The number of aliphatic hydroxyl groups is 1. The van der Waals surface area contributed by atoms with E-state index >= 15 is 0 Å². The van der Waals surface area contributed by atoms with Crippen LogP contribution in [-0.4, -0.2) is 31.0 Å². The SMILES string of the molecule is COc1ccc(C(=O)C[C@@]2(O)C(=O)N(Cc3ccc(C)cc3)c3ccccc32)c(OC)c1. The first kappa shape index (κ1) is 21.6. The van der Waals surface area contributed by atoms with Crippen molar-refractivity contribution in [3.05, 3.63) is 89.0 Å². The largest absolute Gasteiger partial charge is 0.497 e. The molecule has 0 aromatic heterocycles. The molecule has 0 saturated heterocycles. The molecule has 0 radical (unpaired) electrons. The smallest absolute Gasteiger partial charge is 0.264 e. The quantitative estimate of drug-likeness (QED) is 0.572. The lowest BCUT2D eigenvalue weighted by atomic mass is 9.88. The second kappa shape index (κ2) is 8.48. The van der Waals surface area contributed by atoms with Crippen LogP contribution in [-0.2, 0) is 16.9 Å². The number of hydrogen-bond donors (Lipinski definition) is 1. The molecule has 0 bridgehead atoms. The first-order valence-corrected chi connectivity index (χ1v) is 10.3. The van der Waals surface area contributed by atoms with Crippen LogP contribution in [0.3, 0.4) is 0 Å². The predicted molar refractivity (Wildman–Crippen MR) is 121 cm³/mol. The summed E-state index contributed by atoms with van der Waals surface area (Å²) in [5.74, 6) is -0.0377. The van der Waals surface area contributed by atoms with Gasteiger partial charge in [0.25, 0.3) is 5.91 Å². The summed E-state index contributed by atoms with van der Waals surface area (Å²) in [6.45, 7) is 2.30. The van der Waals surface area contributed by atoms with Crippen LogP contribution in [0.5, 0.6) is 11.5 Å². The zero-order chi connectivity index (χ0) is 22.9. The summed E-state index contributed by atoms with van der Waals surface area (Å²) >= 11 is 0. The molecule has 0 spiro atoms. The van der Waals surface area contributed by atoms with Gasteiger partial charge in [0.15, 0.2) is 11.4 Å². The van der Waals surface area contributed by atoms with Crippen LogP contribution >= 0.6 is 0 Å². The minimum absolute atomic E-state index is 0.281. The van der Waals surface area contributed by atoms with Gasteiger partial charge in [-0.25, -0.2) is 0 Å². The summed E-state index contributed by atoms with van der Waals surface area (Å²) in [6, 6.07) is 19.8. The zero-order valence-electron chi connectivity index (χ0n) is 18.3. The molecule has 1 aliphatic heterocycles. The standard InChI is InChI=1S/C26H25NO5/c1-17-8-10-18(11-9-17)16-27-22-7-5-4-6-21(22)26(30,25(27)29)15-23(28)20-13-12-19(31-2)14-24(20)32-3/h4-14,30H,15-16H2,1-3H3/t26-/m0/s1. The predicted octanol–water partition coefficient (Wildman–Crippen LogP) is 4.02. The van der Waals surface area contributed by atoms with Crippen LogP contribution in [0.4, 0.5) is 5.69 Å². The highest BCUT2D eigenvalue weighted by Gasteiger charge is 2.51. The van der Waals surface area contributed by atoms with Crippen LogP contribution in [0, 0.1) is 6.92 Å². The summed E-state index contributed by atoms with van der Waals surface area (Å²) in [7, 11) is 2.98. The molecule has 0 fully saturated rings. The average molecular weight is 431 g/mol. The van der Waals surface area contributed by atoms with Crippen LogP contribution in [0.1, 0.15) is 33.5 Å². The van der Waals surface area contributed by atoms with E-state index in [0.717, 1.165) is 11.1 Å². The normalized spacial score (nSPS) is 17.2. The van der Waals surface area contributed by atoms with Gasteiger partial charge in [-0.15, -0.1) is 0 Å². The number of nitrogens with zero attached hydrogens (tertiary/aromatic N) is 1. The van der Waals surface area contributed by atoms with Gasteiger partial charge < -0.3 is 19.5 Å².